The number of hydrogen-bond acceptors (Lipinski definition) is 3. The van der Waals surface area contributed by atoms with E-state index in [4.69, 9.17) is 4.74 Å². The van der Waals surface area contributed by atoms with Crippen LogP contribution in [0.4, 0.5) is 0 Å². The number of aromatic hydroxyl groups is 1. The van der Waals surface area contributed by atoms with Crippen LogP contribution in [0.3, 0.4) is 0 Å². The molecule has 4 nitrogen and oxygen atoms in total. The van der Waals surface area contributed by atoms with E-state index in [1.54, 1.807) is 37.4 Å². The van der Waals surface area contributed by atoms with Crippen molar-refractivity contribution >= 4 is 5.97 Å². The van der Waals surface area contributed by atoms with Crippen LogP contribution in [0, 0.1) is 6.92 Å². The van der Waals surface area contributed by atoms with E-state index in [9.17, 15) is 15.0 Å². The van der Waals surface area contributed by atoms with Gasteiger partial charge in [0.25, 0.3) is 0 Å². The number of carbonyl (C=O) groups is 1. The number of aliphatic carboxylic acids is 1. The lowest BCUT2D eigenvalue weighted by Crippen LogP contribution is -2.14. The van der Waals surface area contributed by atoms with E-state index in [0.717, 1.165) is 22.4 Å². The quantitative estimate of drug-likeness (QED) is 0.886. The maximum absolute atomic E-state index is 11.6. The lowest BCUT2D eigenvalue weighted by molar-refractivity contribution is -0.138. The number of rotatable bonds is 5. The maximum Gasteiger partial charge on any atom is 0.311 e. The summed E-state index contributed by atoms with van der Waals surface area (Å²) in [5.41, 5.74) is 2.41. The van der Waals surface area contributed by atoms with Crippen molar-refractivity contribution in [2.75, 3.05) is 7.11 Å². The first-order valence-corrected chi connectivity index (χ1v) is 6.66. The Morgan fingerprint density at radius 1 is 1.24 bits per heavy atom. The highest BCUT2D eigenvalue weighted by Crippen LogP contribution is 2.27. The normalized spacial score (nSPS) is 11.9. The molecule has 0 saturated carbocycles. The fourth-order valence-corrected chi connectivity index (χ4v) is 2.39. The molecule has 0 fully saturated rings. The van der Waals surface area contributed by atoms with Gasteiger partial charge in [-0.25, -0.2) is 0 Å². The molecule has 2 rings (SSSR count). The molecule has 0 radical (unpaired) electrons. The summed E-state index contributed by atoms with van der Waals surface area (Å²) in [6.45, 7) is 1.88. The van der Waals surface area contributed by atoms with Crippen LogP contribution in [0.25, 0.3) is 0 Å². The van der Waals surface area contributed by atoms with Gasteiger partial charge in [-0.05, 0) is 48.2 Å². The molecule has 0 amide bonds. The molecule has 21 heavy (non-hydrogen) atoms. The Hall–Kier alpha value is -2.49. The minimum atomic E-state index is -0.886. The standard InChI is InChI=1S/C17H18O4/c1-11-8-13(6-7-16(11)21-2)15(17(19)20)10-12-4-3-5-14(18)9-12/h3-9,15,18H,10H2,1-2H3,(H,19,20). The molecule has 1 atom stereocenters. The fraction of sp³-hybridized carbons (Fsp3) is 0.235. The number of phenolic OH excluding ortho intramolecular Hbond substituents is 1. The number of hydrogen-bond donors (Lipinski definition) is 2. The molecular formula is C17H18O4. The van der Waals surface area contributed by atoms with Crippen LogP contribution in [-0.2, 0) is 11.2 Å². The van der Waals surface area contributed by atoms with E-state index >= 15 is 0 Å². The number of ether oxygens (including phenoxy) is 1. The summed E-state index contributed by atoms with van der Waals surface area (Å²) < 4.78 is 5.19. The molecule has 0 aliphatic heterocycles. The molecule has 110 valence electrons. The highest BCUT2D eigenvalue weighted by molar-refractivity contribution is 5.76. The van der Waals surface area contributed by atoms with Crippen molar-refractivity contribution in [3.63, 3.8) is 0 Å². The number of aryl methyl sites for hydroxylation is 1. The zero-order chi connectivity index (χ0) is 15.4. The van der Waals surface area contributed by atoms with Gasteiger partial charge in [0.1, 0.15) is 11.5 Å². The summed E-state index contributed by atoms with van der Waals surface area (Å²) >= 11 is 0. The molecule has 2 aromatic rings. The second-order valence-electron chi connectivity index (χ2n) is 4.99. The average molecular weight is 286 g/mol. The number of methoxy groups -OCH3 is 1. The Balaban J connectivity index is 2.31. The van der Waals surface area contributed by atoms with Crippen LogP contribution in [0.15, 0.2) is 42.5 Å². The molecule has 0 saturated heterocycles. The average Bonchev–Trinajstić information content (AvgIpc) is 2.44. The summed E-state index contributed by atoms with van der Waals surface area (Å²) in [6, 6.07) is 12.1. The third-order valence-electron chi connectivity index (χ3n) is 3.47. The molecule has 0 heterocycles. The summed E-state index contributed by atoms with van der Waals surface area (Å²) in [7, 11) is 1.59. The van der Waals surface area contributed by atoms with E-state index < -0.39 is 11.9 Å². The van der Waals surface area contributed by atoms with Crippen LogP contribution in [0.1, 0.15) is 22.6 Å². The number of benzene rings is 2. The Kier molecular flexibility index (Phi) is 4.48. The first-order chi connectivity index (χ1) is 10.0. The molecule has 1 unspecified atom stereocenters. The van der Waals surface area contributed by atoms with E-state index in [-0.39, 0.29) is 5.75 Å². The highest BCUT2D eigenvalue weighted by atomic mass is 16.5. The van der Waals surface area contributed by atoms with Gasteiger partial charge in [-0.2, -0.15) is 0 Å². The maximum atomic E-state index is 11.6. The first kappa shape index (κ1) is 14.9. The van der Waals surface area contributed by atoms with Crippen molar-refractivity contribution < 1.29 is 19.7 Å². The summed E-state index contributed by atoms with van der Waals surface area (Å²) in [5, 5.41) is 19.0. The monoisotopic (exact) mass is 286 g/mol. The van der Waals surface area contributed by atoms with Crippen molar-refractivity contribution in [1.29, 1.82) is 0 Å². The molecule has 4 heteroatoms. The lowest BCUT2D eigenvalue weighted by Gasteiger charge is -2.15. The summed E-state index contributed by atoms with van der Waals surface area (Å²) in [5.74, 6) is -0.665. The van der Waals surface area contributed by atoms with Gasteiger partial charge in [0.05, 0.1) is 13.0 Å². The van der Waals surface area contributed by atoms with Crippen LogP contribution in [-0.4, -0.2) is 23.3 Å². The van der Waals surface area contributed by atoms with E-state index in [0.29, 0.717) is 6.42 Å². The van der Waals surface area contributed by atoms with Crippen molar-refractivity contribution in [3.05, 3.63) is 59.2 Å². The fourth-order valence-electron chi connectivity index (χ4n) is 2.39. The minimum Gasteiger partial charge on any atom is -0.508 e. The summed E-state index contributed by atoms with van der Waals surface area (Å²) in [6.07, 6.45) is 0.329. The van der Waals surface area contributed by atoms with Gasteiger partial charge in [-0.15, -0.1) is 0 Å². The van der Waals surface area contributed by atoms with Crippen molar-refractivity contribution in [2.45, 2.75) is 19.3 Å². The van der Waals surface area contributed by atoms with Crippen LogP contribution < -0.4 is 4.74 Å². The Bertz CT molecular complexity index is 649. The number of carboxylic acid groups (broad SMARTS) is 1. The molecule has 0 spiro atoms. The van der Waals surface area contributed by atoms with Gasteiger partial charge < -0.3 is 14.9 Å². The lowest BCUT2D eigenvalue weighted by atomic mass is 9.91. The first-order valence-electron chi connectivity index (χ1n) is 6.66. The van der Waals surface area contributed by atoms with Crippen LogP contribution in [0.5, 0.6) is 11.5 Å². The molecular weight excluding hydrogens is 268 g/mol. The predicted molar refractivity (Wildman–Crippen MR) is 79.9 cm³/mol. The predicted octanol–water partition coefficient (Wildman–Crippen LogP) is 3.12. The van der Waals surface area contributed by atoms with Crippen molar-refractivity contribution in [3.8, 4) is 11.5 Å². The highest BCUT2D eigenvalue weighted by Gasteiger charge is 2.21. The van der Waals surface area contributed by atoms with Gasteiger partial charge in [-0.3, -0.25) is 4.79 Å². The SMILES string of the molecule is COc1ccc(C(Cc2cccc(O)c2)C(=O)O)cc1C. The Morgan fingerprint density at radius 2 is 2.00 bits per heavy atom. The Labute approximate surface area is 123 Å². The molecule has 0 aliphatic rings. The van der Waals surface area contributed by atoms with Gasteiger partial charge in [0.2, 0.25) is 0 Å². The Morgan fingerprint density at radius 3 is 2.57 bits per heavy atom. The molecule has 0 aromatic heterocycles. The third kappa shape index (κ3) is 3.54. The molecule has 2 N–H and O–H groups in total. The van der Waals surface area contributed by atoms with Gasteiger partial charge >= 0.3 is 5.97 Å². The van der Waals surface area contributed by atoms with Crippen molar-refractivity contribution in [1.82, 2.24) is 0 Å². The summed E-state index contributed by atoms with van der Waals surface area (Å²) in [4.78, 5) is 11.6. The second-order valence-corrected chi connectivity index (χ2v) is 4.99. The minimum absolute atomic E-state index is 0.141. The number of phenols is 1. The van der Waals surface area contributed by atoms with Gasteiger partial charge in [-0.1, -0.05) is 24.3 Å². The zero-order valence-electron chi connectivity index (χ0n) is 12.0. The second kappa shape index (κ2) is 6.31. The third-order valence-corrected chi connectivity index (χ3v) is 3.47. The van der Waals surface area contributed by atoms with Gasteiger partial charge in [0, 0.05) is 0 Å². The van der Waals surface area contributed by atoms with Crippen LogP contribution in [0.2, 0.25) is 0 Å². The largest absolute Gasteiger partial charge is 0.508 e. The number of carboxylic acids is 1. The molecule has 2 aromatic carbocycles. The van der Waals surface area contributed by atoms with Gasteiger partial charge in [0.15, 0.2) is 0 Å². The van der Waals surface area contributed by atoms with E-state index in [1.165, 1.54) is 0 Å². The van der Waals surface area contributed by atoms with Crippen LogP contribution >= 0.6 is 0 Å². The van der Waals surface area contributed by atoms with E-state index in [2.05, 4.69) is 0 Å². The smallest absolute Gasteiger partial charge is 0.311 e. The van der Waals surface area contributed by atoms with E-state index in [1.807, 2.05) is 19.1 Å². The molecule has 0 bridgehead atoms. The molecule has 0 aliphatic carbocycles. The van der Waals surface area contributed by atoms with Crippen molar-refractivity contribution in [2.24, 2.45) is 0 Å². The topological polar surface area (TPSA) is 66.8 Å². The zero-order valence-corrected chi connectivity index (χ0v) is 12.0.